The summed E-state index contributed by atoms with van der Waals surface area (Å²) in [5.74, 6) is 0.0697. The number of hydrogen-bond donors (Lipinski definition) is 0. The van der Waals surface area contributed by atoms with Gasteiger partial charge in [0.15, 0.2) is 11.5 Å². The molecule has 3 amide bonds. The van der Waals surface area contributed by atoms with Crippen molar-refractivity contribution < 1.29 is 28.6 Å². The maximum absolute atomic E-state index is 12.9. The van der Waals surface area contributed by atoms with Crippen LogP contribution in [0.5, 0.6) is 11.5 Å². The number of rotatable bonds is 7. The average Bonchev–Trinajstić information content (AvgIpc) is 3.11. The molecule has 0 unspecified atom stereocenters. The van der Waals surface area contributed by atoms with Gasteiger partial charge in [0.25, 0.3) is 11.1 Å². The Labute approximate surface area is 230 Å². The number of hydrogen-bond acceptors (Lipinski definition) is 7. The van der Waals surface area contributed by atoms with Crippen LogP contribution >= 0.6 is 50.9 Å². The molecule has 2 saturated heterocycles. The van der Waals surface area contributed by atoms with Crippen molar-refractivity contribution in [2.24, 2.45) is 0 Å². The number of amides is 3. The van der Waals surface area contributed by atoms with Crippen molar-refractivity contribution in [3.8, 4) is 11.5 Å². The van der Waals surface area contributed by atoms with Gasteiger partial charge in [-0.25, -0.2) is 0 Å². The monoisotopic (exact) mass is 614 g/mol. The molecule has 0 radical (unpaired) electrons. The van der Waals surface area contributed by atoms with Gasteiger partial charge in [-0.3, -0.25) is 19.3 Å². The Morgan fingerprint density at radius 3 is 2.64 bits per heavy atom. The molecule has 0 bridgehead atoms. The minimum absolute atomic E-state index is 0.181. The highest BCUT2D eigenvalue weighted by Gasteiger charge is 2.37. The third kappa shape index (κ3) is 6.18. The smallest absolute Gasteiger partial charge is 0.294 e. The van der Waals surface area contributed by atoms with E-state index >= 15 is 0 Å². The van der Waals surface area contributed by atoms with E-state index in [9.17, 15) is 14.4 Å². The number of ether oxygens (including phenoxy) is 3. The molecule has 0 spiro atoms. The van der Waals surface area contributed by atoms with Gasteiger partial charge in [0.05, 0.1) is 29.7 Å². The average molecular weight is 616 g/mol. The fraction of sp³-hybridized carbons (Fsp3) is 0.292. The van der Waals surface area contributed by atoms with Crippen molar-refractivity contribution in [1.29, 1.82) is 0 Å². The first-order valence-corrected chi connectivity index (χ1v) is 13.2. The number of imide groups is 1. The standard InChI is InChI=1S/C24H21BrCl2N2O6S/c1-33-19-9-14(8-17(25)22(19)35-13-15-2-3-16(26)11-18(15)27)10-20-23(31)29(24(32)36-20)12-21(30)28-4-6-34-7-5-28/h2-3,8-11H,4-7,12-13H2,1H3/b20-10-. The lowest BCUT2D eigenvalue weighted by atomic mass is 10.1. The van der Waals surface area contributed by atoms with E-state index in [2.05, 4.69) is 15.9 Å². The van der Waals surface area contributed by atoms with E-state index in [0.717, 1.165) is 22.2 Å². The molecule has 0 aromatic heterocycles. The summed E-state index contributed by atoms with van der Waals surface area (Å²) in [5.41, 5.74) is 1.36. The molecule has 12 heteroatoms. The molecule has 2 aliphatic rings. The summed E-state index contributed by atoms with van der Waals surface area (Å²) >= 11 is 16.5. The van der Waals surface area contributed by atoms with Crippen molar-refractivity contribution in [2.45, 2.75) is 6.61 Å². The van der Waals surface area contributed by atoms with Crippen molar-refractivity contribution in [2.75, 3.05) is 40.0 Å². The van der Waals surface area contributed by atoms with Crippen LogP contribution in [-0.4, -0.2) is 66.8 Å². The molecule has 2 aromatic carbocycles. The molecule has 4 rings (SSSR count). The Hall–Kier alpha value is -2.24. The quantitative estimate of drug-likeness (QED) is 0.394. The fourth-order valence-electron chi connectivity index (χ4n) is 3.59. The van der Waals surface area contributed by atoms with Crippen LogP contribution in [0.4, 0.5) is 4.79 Å². The molecule has 0 aliphatic carbocycles. The maximum atomic E-state index is 12.9. The lowest BCUT2D eigenvalue weighted by molar-refractivity contribution is -0.139. The van der Waals surface area contributed by atoms with Gasteiger partial charge in [-0.05, 0) is 63.6 Å². The van der Waals surface area contributed by atoms with Crippen LogP contribution in [0, 0.1) is 0 Å². The van der Waals surface area contributed by atoms with Gasteiger partial charge >= 0.3 is 0 Å². The molecule has 0 atom stereocenters. The molecule has 2 aliphatic heterocycles. The second-order valence-corrected chi connectivity index (χ2v) is 10.5. The van der Waals surface area contributed by atoms with Crippen LogP contribution in [0.3, 0.4) is 0 Å². The van der Waals surface area contributed by atoms with E-state index in [0.29, 0.717) is 57.9 Å². The van der Waals surface area contributed by atoms with E-state index in [4.69, 9.17) is 37.4 Å². The summed E-state index contributed by atoms with van der Waals surface area (Å²) in [6.45, 7) is 1.65. The fourth-order valence-corrected chi connectivity index (χ4v) is 5.46. The van der Waals surface area contributed by atoms with E-state index < -0.39 is 11.1 Å². The summed E-state index contributed by atoms with van der Waals surface area (Å²) in [4.78, 5) is 40.7. The normalized spacial score (nSPS) is 17.2. The van der Waals surface area contributed by atoms with Gasteiger partial charge in [0.1, 0.15) is 13.2 Å². The van der Waals surface area contributed by atoms with Crippen LogP contribution in [0.25, 0.3) is 6.08 Å². The molecule has 2 aromatic rings. The zero-order valence-electron chi connectivity index (χ0n) is 19.1. The third-order valence-electron chi connectivity index (χ3n) is 5.47. The van der Waals surface area contributed by atoms with Crippen LogP contribution in [0.1, 0.15) is 11.1 Å². The number of carbonyl (C=O) groups is 3. The lowest BCUT2D eigenvalue weighted by Crippen LogP contribution is -2.46. The SMILES string of the molecule is COc1cc(/C=C2\SC(=O)N(CC(=O)N3CCOCC3)C2=O)cc(Br)c1OCc1ccc(Cl)cc1Cl. The van der Waals surface area contributed by atoms with Gasteiger partial charge in [-0.15, -0.1) is 0 Å². The number of morpholine rings is 1. The molecule has 0 N–H and O–H groups in total. The molecule has 8 nitrogen and oxygen atoms in total. The zero-order chi connectivity index (χ0) is 25.8. The minimum Gasteiger partial charge on any atom is -0.493 e. The van der Waals surface area contributed by atoms with E-state index in [1.165, 1.54) is 7.11 Å². The number of carbonyl (C=O) groups excluding carboxylic acids is 3. The van der Waals surface area contributed by atoms with Crippen LogP contribution in [-0.2, 0) is 20.9 Å². The van der Waals surface area contributed by atoms with Gasteiger partial charge in [-0.1, -0.05) is 29.3 Å². The molecule has 0 saturated carbocycles. The highest BCUT2D eigenvalue weighted by molar-refractivity contribution is 9.10. The number of thioether (sulfide) groups is 1. The molecule has 2 fully saturated rings. The Balaban J connectivity index is 1.49. The van der Waals surface area contributed by atoms with Crippen LogP contribution in [0.15, 0.2) is 39.7 Å². The highest BCUT2D eigenvalue weighted by atomic mass is 79.9. The van der Waals surface area contributed by atoms with Crippen molar-refractivity contribution in [1.82, 2.24) is 9.80 Å². The van der Waals surface area contributed by atoms with Gasteiger partial charge in [0.2, 0.25) is 5.91 Å². The highest BCUT2D eigenvalue weighted by Crippen LogP contribution is 2.40. The summed E-state index contributed by atoms with van der Waals surface area (Å²) in [5, 5.41) is 0.525. The van der Waals surface area contributed by atoms with Crippen molar-refractivity contribution in [3.05, 3.63) is 60.9 Å². The lowest BCUT2D eigenvalue weighted by Gasteiger charge is -2.28. The largest absolute Gasteiger partial charge is 0.493 e. The number of halogens is 3. The molecule has 36 heavy (non-hydrogen) atoms. The predicted octanol–water partition coefficient (Wildman–Crippen LogP) is 5.24. The Morgan fingerprint density at radius 1 is 1.19 bits per heavy atom. The first-order valence-electron chi connectivity index (χ1n) is 10.8. The summed E-state index contributed by atoms with van der Waals surface area (Å²) < 4.78 is 17.3. The number of benzene rings is 2. The van der Waals surface area contributed by atoms with Gasteiger partial charge < -0.3 is 19.1 Å². The first kappa shape index (κ1) is 26.8. The van der Waals surface area contributed by atoms with Crippen molar-refractivity contribution in [3.63, 3.8) is 0 Å². The Bertz CT molecular complexity index is 1240. The van der Waals surface area contributed by atoms with E-state index in [1.54, 1.807) is 41.3 Å². The minimum atomic E-state index is -0.514. The second-order valence-electron chi connectivity index (χ2n) is 7.82. The second kappa shape index (κ2) is 11.9. The van der Waals surface area contributed by atoms with Gasteiger partial charge in [0, 0.05) is 28.7 Å². The summed E-state index contributed by atoms with van der Waals surface area (Å²) in [7, 11) is 1.50. The van der Waals surface area contributed by atoms with Crippen molar-refractivity contribution >= 4 is 74.0 Å². The number of methoxy groups -OCH3 is 1. The van der Waals surface area contributed by atoms with Crippen LogP contribution < -0.4 is 9.47 Å². The third-order valence-corrected chi connectivity index (χ3v) is 7.55. The molecule has 190 valence electrons. The first-order chi connectivity index (χ1) is 17.3. The zero-order valence-corrected chi connectivity index (χ0v) is 23.0. The maximum Gasteiger partial charge on any atom is 0.294 e. The molecule has 2 heterocycles. The van der Waals surface area contributed by atoms with Crippen LogP contribution in [0.2, 0.25) is 10.0 Å². The molecular formula is C24H21BrCl2N2O6S. The topological polar surface area (TPSA) is 85.4 Å². The predicted molar refractivity (Wildman–Crippen MR) is 142 cm³/mol. The summed E-state index contributed by atoms with van der Waals surface area (Å²) in [6.07, 6.45) is 1.58. The summed E-state index contributed by atoms with van der Waals surface area (Å²) in [6, 6.07) is 8.58. The van der Waals surface area contributed by atoms with E-state index in [-0.39, 0.29) is 24.0 Å². The molecular weight excluding hydrogens is 595 g/mol. The van der Waals surface area contributed by atoms with E-state index in [1.807, 2.05) is 0 Å². The Morgan fingerprint density at radius 2 is 1.94 bits per heavy atom. The Kier molecular flexibility index (Phi) is 8.84. The van der Waals surface area contributed by atoms with Gasteiger partial charge in [-0.2, -0.15) is 0 Å². The number of nitrogens with zero attached hydrogens (tertiary/aromatic N) is 2.